The van der Waals surface area contributed by atoms with Crippen molar-refractivity contribution in [3.8, 4) is 0 Å². The molecule has 4 atom stereocenters. The molecule has 1 saturated heterocycles. The van der Waals surface area contributed by atoms with E-state index in [9.17, 15) is 15.4 Å². The molecule has 2 aromatic rings. The van der Waals surface area contributed by atoms with Crippen molar-refractivity contribution in [1.82, 2.24) is 14.5 Å². The van der Waals surface area contributed by atoms with Crippen molar-refractivity contribution < 1.29 is 54.3 Å². The number of rotatable bonds is 2. The molecule has 0 radical (unpaired) electrons. The molecule has 0 amide bonds. The average molecular weight is 306 g/mol. The standard InChI is InChI=1S/C10H13N5O5.Na/c11-8-5-9(13-3-15(8)19)14(2-12-5)10-7(18)6(17)4(1-16)20-10;/h2-4,6-7,10,16-18H,1,11H2;/q;+1/t4-,6-,7-,10-;/m1./s1. The van der Waals surface area contributed by atoms with Gasteiger partial charge in [0.1, 0.15) is 24.6 Å². The molecule has 0 aliphatic carbocycles. The van der Waals surface area contributed by atoms with E-state index in [-0.39, 0.29) is 46.5 Å². The topological polar surface area (TPSA) is 154 Å². The Balaban J connectivity index is 0.00000161. The van der Waals surface area contributed by atoms with Gasteiger partial charge in [-0.25, -0.2) is 9.71 Å². The molecule has 0 bridgehead atoms. The number of aliphatic hydroxyl groups is 3. The third-order valence-corrected chi connectivity index (χ3v) is 3.32. The normalized spacial score (nSPS) is 28.7. The minimum Gasteiger partial charge on any atom is -0.740 e. The second-order valence-corrected chi connectivity index (χ2v) is 4.51. The second-order valence-electron chi connectivity index (χ2n) is 4.51. The Kier molecular flexibility index (Phi) is 4.68. The molecule has 11 heteroatoms. The first-order chi connectivity index (χ1) is 9.54. The molecule has 5 N–H and O–H groups in total. The number of ether oxygens (including phenoxy) is 1. The van der Waals surface area contributed by atoms with Crippen molar-refractivity contribution in [2.24, 2.45) is 0 Å². The number of hydrogen-bond donors (Lipinski definition) is 4. The zero-order valence-electron chi connectivity index (χ0n) is 11.2. The van der Waals surface area contributed by atoms with E-state index in [4.69, 9.17) is 15.6 Å². The predicted octanol–water partition coefficient (Wildman–Crippen LogP) is -5.74. The van der Waals surface area contributed by atoms with Gasteiger partial charge in [0, 0.05) is 0 Å². The van der Waals surface area contributed by atoms with Crippen LogP contribution in [0, 0.1) is 5.21 Å². The number of nitrogens with zero attached hydrogens (tertiary/aromatic N) is 4. The molecule has 3 heterocycles. The van der Waals surface area contributed by atoms with Crippen molar-refractivity contribution in [1.29, 1.82) is 0 Å². The van der Waals surface area contributed by atoms with Crippen molar-refractivity contribution in [3.63, 3.8) is 0 Å². The van der Waals surface area contributed by atoms with Gasteiger partial charge < -0.3 is 31.0 Å². The van der Waals surface area contributed by atoms with E-state index < -0.39 is 31.1 Å². The summed E-state index contributed by atoms with van der Waals surface area (Å²) in [6.45, 7) is -0.433. The van der Waals surface area contributed by atoms with Gasteiger partial charge in [0.2, 0.25) is 12.0 Å². The second kappa shape index (κ2) is 6.01. The largest absolute Gasteiger partial charge is 1.00 e. The van der Waals surface area contributed by atoms with E-state index in [1.54, 1.807) is 0 Å². The molecule has 1 fully saturated rings. The van der Waals surface area contributed by atoms with E-state index in [0.717, 1.165) is 6.33 Å². The van der Waals surface area contributed by atoms with Crippen molar-refractivity contribution >= 4 is 17.0 Å². The summed E-state index contributed by atoms with van der Waals surface area (Å²) < 4.78 is 7.09. The predicted molar refractivity (Wildman–Crippen MR) is 63.9 cm³/mol. The van der Waals surface area contributed by atoms with Crippen molar-refractivity contribution in [2.45, 2.75) is 24.5 Å². The van der Waals surface area contributed by atoms with Crippen LogP contribution in [-0.2, 0) is 4.74 Å². The summed E-state index contributed by atoms with van der Waals surface area (Å²) in [4.78, 5) is 7.85. The first-order valence-corrected chi connectivity index (χ1v) is 5.87. The Hall–Kier alpha value is -1.01. The quantitative estimate of drug-likeness (QED) is 0.243. The Labute approximate surface area is 140 Å². The fourth-order valence-corrected chi connectivity index (χ4v) is 2.23. The molecule has 0 saturated carbocycles. The molecule has 21 heavy (non-hydrogen) atoms. The Morgan fingerprint density at radius 2 is 2.10 bits per heavy atom. The molecule has 1 aliphatic heterocycles. The van der Waals surface area contributed by atoms with Gasteiger partial charge in [-0.05, 0) is 0 Å². The van der Waals surface area contributed by atoms with Crippen molar-refractivity contribution in [2.75, 3.05) is 12.3 Å². The molecule has 1 aliphatic rings. The molecule has 0 aromatic carbocycles. The van der Waals surface area contributed by atoms with Gasteiger partial charge in [-0.1, -0.05) is 4.98 Å². The van der Waals surface area contributed by atoms with E-state index in [1.165, 1.54) is 10.9 Å². The maximum absolute atomic E-state index is 11.3. The van der Waals surface area contributed by atoms with Gasteiger partial charge >= 0.3 is 29.6 Å². The van der Waals surface area contributed by atoms with Crippen LogP contribution in [-0.4, -0.2) is 54.8 Å². The zero-order chi connectivity index (χ0) is 14.4. The molecule has 0 spiro atoms. The zero-order valence-corrected chi connectivity index (χ0v) is 13.2. The maximum Gasteiger partial charge on any atom is 1.00 e. The minimum atomic E-state index is -1.26. The molecular weight excluding hydrogens is 293 g/mol. The van der Waals surface area contributed by atoms with Crippen LogP contribution in [0.4, 0.5) is 5.82 Å². The van der Waals surface area contributed by atoms with Crippen LogP contribution >= 0.6 is 0 Å². The smallest absolute Gasteiger partial charge is 0.740 e. The van der Waals surface area contributed by atoms with E-state index in [1.807, 2.05) is 0 Å². The van der Waals surface area contributed by atoms with Crippen LogP contribution in [0.2, 0.25) is 0 Å². The van der Waals surface area contributed by atoms with Gasteiger partial charge in [0.05, 0.1) is 6.61 Å². The van der Waals surface area contributed by atoms with Crippen LogP contribution in [0.5, 0.6) is 0 Å². The SMILES string of the molecule is Nc1c2ncn([C@@H]3O[C@H](CO)[C@@H](O)[C@H]3O)c2nc[n+]1[O-].[Na+]. The van der Waals surface area contributed by atoms with Gasteiger partial charge in [-0.3, -0.25) is 4.57 Å². The van der Waals surface area contributed by atoms with Crippen LogP contribution in [0.25, 0.3) is 11.2 Å². The summed E-state index contributed by atoms with van der Waals surface area (Å²) >= 11 is 0. The van der Waals surface area contributed by atoms with E-state index in [0.29, 0.717) is 4.73 Å². The van der Waals surface area contributed by atoms with E-state index >= 15 is 0 Å². The first-order valence-electron chi connectivity index (χ1n) is 5.87. The van der Waals surface area contributed by atoms with Crippen LogP contribution in [0.15, 0.2) is 12.7 Å². The summed E-state index contributed by atoms with van der Waals surface area (Å²) in [5, 5.41) is 40.0. The maximum atomic E-state index is 11.3. The number of nitrogens with two attached hydrogens (primary N) is 1. The summed E-state index contributed by atoms with van der Waals surface area (Å²) in [6.07, 6.45) is -2.09. The summed E-state index contributed by atoms with van der Waals surface area (Å²) in [5.74, 6) is -0.125. The van der Waals surface area contributed by atoms with Gasteiger partial charge in [0.25, 0.3) is 5.82 Å². The fourth-order valence-electron chi connectivity index (χ4n) is 2.23. The fraction of sp³-hybridized carbons (Fsp3) is 0.500. The monoisotopic (exact) mass is 306 g/mol. The first kappa shape index (κ1) is 16.4. The molecular formula is C10H13N5NaO5+. The number of anilines is 1. The number of aromatic nitrogens is 4. The Bertz CT molecular complexity index is 652. The number of fused-ring (bicyclic) bond motifs is 1. The molecule has 10 nitrogen and oxygen atoms in total. The molecule has 3 rings (SSSR count). The van der Waals surface area contributed by atoms with Gasteiger partial charge in [-0.2, -0.15) is 0 Å². The van der Waals surface area contributed by atoms with Crippen molar-refractivity contribution in [3.05, 3.63) is 17.9 Å². The molecule has 2 aromatic heterocycles. The van der Waals surface area contributed by atoms with Crippen LogP contribution in [0.3, 0.4) is 0 Å². The van der Waals surface area contributed by atoms with Gasteiger partial charge in [0.15, 0.2) is 11.7 Å². The number of aliphatic hydroxyl groups excluding tert-OH is 3. The molecule has 0 unspecified atom stereocenters. The summed E-state index contributed by atoms with van der Waals surface area (Å²) in [5.41, 5.74) is 5.99. The Morgan fingerprint density at radius 3 is 2.71 bits per heavy atom. The Morgan fingerprint density at radius 1 is 1.38 bits per heavy atom. The summed E-state index contributed by atoms with van der Waals surface area (Å²) in [7, 11) is 0. The molecule has 108 valence electrons. The summed E-state index contributed by atoms with van der Waals surface area (Å²) in [6, 6.07) is 0. The third-order valence-electron chi connectivity index (χ3n) is 3.32. The minimum absolute atomic E-state index is 0. The van der Waals surface area contributed by atoms with E-state index in [2.05, 4.69) is 9.97 Å². The third kappa shape index (κ3) is 2.48. The average Bonchev–Trinajstić information content (AvgIpc) is 2.98. The number of nitrogen functional groups attached to an aromatic ring is 1. The number of hydrogen-bond acceptors (Lipinski definition) is 8. The van der Waals surface area contributed by atoms with Crippen LogP contribution in [0.1, 0.15) is 6.23 Å². The number of imidazole rings is 1. The van der Waals surface area contributed by atoms with Gasteiger partial charge in [-0.15, -0.1) is 0 Å². The van der Waals surface area contributed by atoms with Crippen LogP contribution < -0.4 is 40.0 Å².